The van der Waals surface area contributed by atoms with Crippen LogP contribution in [0.25, 0.3) is 6.08 Å². The zero-order valence-corrected chi connectivity index (χ0v) is 13.7. The lowest BCUT2D eigenvalue weighted by molar-refractivity contribution is -0.151. The number of rotatable bonds is 2. The molecule has 2 rings (SSSR count). The molecule has 0 amide bonds. The summed E-state index contributed by atoms with van der Waals surface area (Å²) in [5.41, 5.74) is -2.14. The van der Waals surface area contributed by atoms with Gasteiger partial charge in [0, 0.05) is 0 Å². The summed E-state index contributed by atoms with van der Waals surface area (Å²) in [6.07, 6.45) is 2.93. The van der Waals surface area contributed by atoms with E-state index in [4.69, 9.17) is 0 Å². The minimum atomic E-state index is -1.33. The first-order chi connectivity index (χ1) is 10.6. The summed E-state index contributed by atoms with van der Waals surface area (Å²) in [4.78, 5) is 37.4. The first kappa shape index (κ1) is 16.9. The third-order valence-electron chi connectivity index (χ3n) is 4.21. The van der Waals surface area contributed by atoms with Gasteiger partial charge in [0.25, 0.3) is 0 Å². The zero-order chi connectivity index (χ0) is 17.4. The van der Waals surface area contributed by atoms with Crippen LogP contribution in [-0.2, 0) is 14.4 Å². The van der Waals surface area contributed by atoms with E-state index < -0.39 is 33.9 Å². The second-order valence-electron chi connectivity index (χ2n) is 6.74. The molecule has 0 spiro atoms. The highest BCUT2D eigenvalue weighted by Crippen LogP contribution is 2.41. The monoisotopic (exact) mass is 312 g/mol. The number of aliphatic hydroxyl groups is 1. The van der Waals surface area contributed by atoms with Gasteiger partial charge in [-0.15, -0.1) is 0 Å². The Kier molecular flexibility index (Phi) is 4.12. The van der Waals surface area contributed by atoms with Crippen molar-refractivity contribution in [2.75, 3.05) is 0 Å². The van der Waals surface area contributed by atoms with Crippen molar-refractivity contribution >= 4 is 23.4 Å². The van der Waals surface area contributed by atoms with Gasteiger partial charge in [0.1, 0.15) is 11.3 Å². The van der Waals surface area contributed by atoms with E-state index in [1.54, 1.807) is 6.08 Å². The fourth-order valence-electron chi connectivity index (χ4n) is 2.77. The van der Waals surface area contributed by atoms with Crippen molar-refractivity contribution < 1.29 is 19.5 Å². The third-order valence-corrected chi connectivity index (χ3v) is 4.21. The van der Waals surface area contributed by atoms with Crippen LogP contribution >= 0.6 is 0 Å². The van der Waals surface area contributed by atoms with Gasteiger partial charge in [-0.3, -0.25) is 14.4 Å². The van der Waals surface area contributed by atoms with E-state index in [-0.39, 0.29) is 5.57 Å². The van der Waals surface area contributed by atoms with E-state index in [1.165, 1.54) is 33.8 Å². The fraction of sp³-hybridized carbons (Fsp3) is 0.316. The topological polar surface area (TPSA) is 71.4 Å². The first-order valence-corrected chi connectivity index (χ1v) is 7.41. The van der Waals surface area contributed by atoms with Crippen LogP contribution in [-0.4, -0.2) is 22.5 Å². The molecule has 0 atom stereocenters. The van der Waals surface area contributed by atoms with Gasteiger partial charge in [0.05, 0.1) is 10.8 Å². The van der Waals surface area contributed by atoms with Crippen LogP contribution < -0.4 is 0 Å². The van der Waals surface area contributed by atoms with Crippen LogP contribution in [0.5, 0.6) is 0 Å². The number of carbonyl (C=O) groups excluding carboxylic acids is 3. The Hall–Kier alpha value is -2.49. The molecular formula is C19H20O4. The molecule has 1 N–H and O–H groups in total. The van der Waals surface area contributed by atoms with Crippen molar-refractivity contribution in [3.8, 4) is 0 Å². The predicted octanol–water partition coefficient (Wildman–Crippen LogP) is 3.29. The Bertz CT molecular complexity index is 702. The molecule has 0 saturated heterocycles. The molecule has 1 aromatic rings. The predicted molar refractivity (Wildman–Crippen MR) is 87.7 cm³/mol. The molecule has 1 fully saturated rings. The average molecular weight is 312 g/mol. The number of carbonyl (C=O) groups is 3. The number of Topliss-reactive ketones (excluding diaryl/α,β-unsaturated/α-hetero) is 3. The molecule has 4 heteroatoms. The minimum Gasteiger partial charge on any atom is -0.507 e. The van der Waals surface area contributed by atoms with Gasteiger partial charge in [-0.2, -0.15) is 0 Å². The van der Waals surface area contributed by atoms with Crippen molar-refractivity contribution in [3.63, 3.8) is 0 Å². The van der Waals surface area contributed by atoms with Gasteiger partial charge in [-0.25, -0.2) is 0 Å². The number of hydrogen-bond donors (Lipinski definition) is 1. The summed E-state index contributed by atoms with van der Waals surface area (Å²) >= 11 is 0. The SMILES string of the molecule is CC1(C)C(=O)C(=C(O)/C=C/c2ccccc2)C(=O)C(C)(C)C1=O. The molecule has 0 bridgehead atoms. The molecular weight excluding hydrogens is 292 g/mol. The molecule has 4 nitrogen and oxygen atoms in total. The zero-order valence-electron chi connectivity index (χ0n) is 13.7. The van der Waals surface area contributed by atoms with E-state index in [0.29, 0.717) is 0 Å². The highest BCUT2D eigenvalue weighted by Gasteiger charge is 2.56. The van der Waals surface area contributed by atoms with Gasteiger partial charge in [0.15, 0.2) is 17.3 Å². The summed E-state index contributed by atoms with van der Waals surface area (Å²) in [5, 5.41) is 10.3. The molecule has 0 heterocycles. The Morgan fingerprint density at radius 2 is 1.39 bits per heavy atom. The normalized spacial score (nSPS) is 20.2. The van der Waals surface area contributed by atoms with Gasteiger partial charge < -0.3 is 5.11 Å². The van der Waals surface area contributed by atoms with Gasteiger partial charge in [-0.1, -0.05) is 36.4 Å². The quantitative estimate of drug-likeness (QED) is 0.394. The van der Waals surface area contributed by atoms with E-state index in [2.05, 4.69) is 0 Å². The van der Waals surface area contributed by atoms with Gasteiger partial charge >= 0.3 is 0 Å². The van der Waals surface area contributed by atoms with Crippen molar-refractivity contribution in [2.45, 2.75) is 27.7 Å². The lowest BCUT2D eigenvalue weighted by Crippen LogP contribution is -2.54. The summed E-state index contributed by atoms with van der Waals surface area (Å²) in [5.74, 6) is -2.11. The highest BCUT2D eigenvalue weighted by molar-refractivity contribution is 6.38. The van der Waals surface area contributed by atoms with Crippen LogP contribution in [0.4, 0.5) is 0 Å². The fourth-order valence-corrected chi connectivity index (χ4v) is 2.77. The molecule has 0 aliphatic heterocycles. The Labute approximate surface area is 135 Å². The van der Waals surface area contributed by atoms with Gasteiger partial charge in [-0.05, 0) is 39.3 Å². The second-order valence-corrected chi connectivity index (χ2v) is 6.74. The number of aliphatic hydroxyl groups excluding tert-OH is 1. The molecule has 1 aromatic carbocycles. The smallest absolute Gasteiger partial charge is 0.183 e. The molecule has 0 unspecified atom stereocenters. The number of allylic oxidation sites excluding steroid dienone is 2. The van der Waals surface area contributed by atoms with E-state index in [1.807, 2.05) is 30.3 Å². The summed E-state index contributed by atoms with van der Waals surface area (Å²) in [7, 11) is 0. The minimum absolute atomic E-state index is 0.299. The largest absolute Gasteiger partial charge is 0.507 e. The first-order valence-electron chi connectivity index (χ1n) is 7.41. The lowest BCUT2D eigenvalue weighted by Gasteiger charge is -2.37. The summed E-state index contributed by atoms with van der Waals surface area (Å²) in [6, 6.07) is 9.20. The Morgan fingerprint density at radius 1 is 0.913 bits per heavy atom. The average Bonchev–Trinajstić information content (AvgIpc) is 2.51. The van der Waals surface area contributed by atoms with Crippen molar-refractivity contribution in [1.82, 2.24) is 0 Å². The Morgan fingerprint density at radius 3 is 1.87 bits per heavy atom. The maximum absolute atomic E-state index is 12.5. The van der Waals surface area contributed by atoms with Crippen molar-refractivity contribution in [2.24, 2.45) is 10.8 Å². The maximum atomic E-state index is 12.5. The number of hydrogen-bond acceptors (Lipinski definition) is 4. The lowest BCUT2D eigenvalue weighted by atomic mass is 9.60. The van der Waals surface area contributed by atoms with Crippen molar-refractivity contribution in [3.05, 3.63) is 53.3 Å². The van der Waals surface area contributed by atoms with E-state index >= 15 is 0 Å². The van der Waals surface area contributed by atoms with Crippen LogP contribution in [0, 0.1) is 10.8 Å². The molecule has 0 radical (unpaired) electrons. The molecule has 1 saturated carbocycles. The number of benzene rings is 1. The molecule has 23 heavy (non-hydrogen) atoms. The second kappa shape index (κ2) is 5.61. The van der Waals surface area contributed by atoms with Crippen LogP contribution in [0.15, 0.2) is 47.7 Å². The van der Waals surface area contributed by atoms with Gasteiger partial charge in [0.2, 0.25) is 0 Å². The maximum Gasteiger partial charge on any atom is 0.183 e. The third kappa shape index (κ3) is 2.77. The van der Waals surface area contributed by atoms with Crippen LogP contribution in [0.3, 0.4) is 0 Å². The standard InChI is InChI=1S/C19H20O4/c1-18(2)15(21)14(16(22)19(3,4)17(18)23)13(20)11-10-12-8-6-5-7-9-12/h5-11,20H,1-4H3/b11-10+. The van der Waals surface area contributed by atoms with Crippen molar-refractivity contribution in [1.29, 1.82) is 0 Å². The highest BCUT2D eigenvalue weighted by atomic mass is 16.3. The molecule has 1 aliphatic carbocycles. The van der Waals surface area contributed by atoms with Crippen LogP contribution in [0.2, 0.25) is 0 Å². The summed E-state index contributed by atoms with van der Waals surface area (Å²) < 4.78 is 0. The van der Waals surface area contributed by atoms with E-state index in [0.717, 1.165) is 5.56 Å². The van der Waals surface area contributed by atoms with Crippen LogP contribution in [0.1, 0.15) is 33.3 Å². The Balaban J connectivity index is 2.51. The molecule has 1 aliphatic rings. The molecule has 0 aromatic heterocycles. The molecule has 120 valence electrons. The summed E-state index contributed by atoms with van der Waals surface area (Å²) in [6.45, 7) is 5.94. The van der Waals surface area contributed by atoms with E-state index in [9.17, 15) is 19.5 Å². The number of ketones is 3.